The van der Waals surface area contributed by atoms with Gasteiger partial charge < -0.3 is 4.90 Å². The molecule has 0 atom stereocenters. The Morgan fingerprint density at radius 1 is 1.42 bits per heavy atom. The van der Waals surface area contributed by atoms with Gasteiger partial charge in [0.2, 0.25) is 0 Å². The number of anilines is 1. The van der Waals surface area contributed by atoms with Crippen molar-refractivity contribution in [3.63, 3.8) is 0 Å². The third-order valence-corrected chi connectivity index (χ3v) is 4.13. The van der Waals surface area contributed by atoms with Gasteiger partial charge in [0, 0.05) is 24.8 Å². The number of hydrogen-bond donors (Lipinski definition) is 1. The molecule has 1 aromatic heterocycles. The van der Waals surface area contributed by atoms with Crippen LogP contribution in [-0.2, 0) is 14.6 Å². The fraction of sp³-hybridized carbons (Fsp3) is 0.333. The molecule has 0 aliphatic heterocycles. The van der Waals surface area contributed by atoms with Crippen LogP contribution < -0.4 is 4.90 Å². The standard InChI is InChI=1S/C12H14N6O6S2/c1-2-17(5-6-24-26(21,22)23)9-3-4-10(11(7-9)18(19)20)14-16-12-15-13-8-25-12/h3-4,7-8H,2,5-6H2,1H3,(H,21,22,23). The van der Waals surface area contributed by atoms with E-state index in [0.29, 0.717) is 12.2 Å². The molecule has 0 bridgehead atoms. The molecule has 0 spiro atoms. The molecule has 0 saturated heterocycles. The molecule has 2 aromatic rings. The number of hydrogen-bond acceptors (Lipinski definition) is 11. The van der Waals surface area contributed by atoms with Gasteiger partial charge in [-0.3, -0.25) is 14.7 Å². The SMILES string of the molecule is CCN(CCOS(=O)(=O)O)c1ccc(N=Nc2nncs2)c([N+](=O)[O-])c1. The van der Waals surface area contributed by atoms with Crippen molar-refractivity contribution in [2.45, 2.75) is 6.92 Å². The van der Waals surface area contributed by atoms with E-state index in [9.17, 15) is 18.5 Å². The van der Waals surface area contributed by atoms with E-state index in [1.54, 1.807) is 17.9 Å². The molecule has 14 heteroatoms. The number of nitro groups is 1. The average Bonchev–Trinajstić information content (AvgIpc) is 3.09. The molecule has 2 rings (SSSR count). The number of nitro benzene ring substituents is 1. The highest BCUT2D eigenvalue weighted by molar-refractivity contribution is 7.80. The molecule has 0 radical (unpaired) electrons. The van der Waals surface area contributed by atoms with E-state index >= 15 is 0 Å². The first-order valence-corrected chi connectivity index (χ1v) is 9.37. The van der Waals surface area contributed by atoms with Gasteiger partial charge in [-0.1, -0.05) is 11.3 Å². The number of nitrogens with zero attached hydrogens (tertiary/aromatic N) is 6. The second-order valence-electron chi connectivity index (χ2n) is 4.68. The third-order valence-electron chi connectivity index (χ3n) is 3.09. The van der Waals surface area contributed by atoms with Gasteiger partial charge in [0.1, 0.15) is 5.51 Å². The molecule has 1 N–H and O–H groups in total. The van der Waals surface area contributed by atoms with Gasteiger partial charge >= 0.3 is 10.4 Å². The van der Waals surface area contributed by atoms with Crippen molar-refractivity contribution in [3.05, 3.63) is 33.8 Å². The number of rotatable bonds is 9. The van der Waals surface area contributed by atoms with Crippen molar-refractivity contribution in [1.29, 1.82) is 0 Å². The fourth-order valence-corrected chi connectivity index (χ4v) is 2.63. The summed E-state index contributed by atoms with van der Waals surface area (Å²) in [7, 11) is -4.54. The Hall–Kier alpha value is -2.55. The van der Waals surface area contributed by atoms with Crippen LogP contribution in [0.1, 0.15) is 6.92 Å². The second kappa shape index (κ2) is 8.70. The van der Waals surface area contributed by atoms with E-state index in [1.165, 1.54) is 17.6 Å². The fourth-order valence-electron chi connectivity index (χ4n) is 1.97. The van der Waals surface area contributed by atoms with Gasteiger partial charge in [-0.25, -0.2) is 4.18 Å². The minimum absolute atomic E-state index is 0.0409. The van der Waals surface area contributed by atoms with Crippen molar-refractivity contribution in [1.82, 2.24) is 10.2 Å². The lowest BCUT2D eigenvalue weighted by molar-refractivity contribution is -0.384. The van der Waals surface area contributed by atoms with Crippen LogP contribution in [0.2, 0.25) is 0 Å². The van der Waals surface area contributed by atoms with Crippen molar-refractivity contribution in [2.75, 3.05) is 24.6 Å². The van der Waals surface area contributed by atoms with Crippen molar-refractivity contribution < 1.29 is 22.1 Å². The van der Waals surface area contributed by atoms with Crippen LogP contribution in [0.15, 0.2) is 33.9 Å². The first-order chi connectivity index (χ1) is 12.3. The van der Waals surface area contributed by atoms with Crippen molar-refractivity contribution in [2.24, 2.45) is 10.2 Å². The van der Waals surface area contributed by atoms with Crippen LogP contribution in [-0.4, -0.2) is 47.8 Å². The van der Waals surface area contributed by atoms with E-state index < -0.39 is 15.3 Å². The smallest absolute Gasteiger partial charge is 0.369 e. The second-order valence-corrected chi connectivity index (χ2v) is 6.58. The van der Waals surface area contributed by atoms with E-state index in [-0.39, 0.29) is 29.7 Å². The van der Waals surface area contributed by atoms with Gasteiger partial charge in [-0.15, -0.1) is 20.4 Å². The molecule has 0 aliphatic carbocycles. The van der Waals surface area contributed by atoms with Gasteiger partial charge in [0.25, 0.3) is 10.8 Å². The highest BCUT2D eigenvalue weighted by atomic mass is 32.3. The molecular weight excluding hydrogens is 388 g/mol. The summed E-state index contributed by atoms with van der Waals surface area (Å²) in [5.74, 6) is 0. The van der Waals surface area contributed by atoms with Crippen LogP contribution in [0.5, 0.6) is 0 Å². The molecule has 26 heavy (non-hydrogen) atoms. The predicted octanol–water partition coefficient (Wildman–Crippen LogP) is 2.51. The highest BCUT2D eigenvalue weighted by Gasteiger charge is 2.17. The Morgan fingerprint density at radius 3 is 2.77 bits per heavy atom. The third kappa shape index (κ3) is 5.76. The molecule has 0 aliphatic rings. The summed E-state index contributed by atoms with van der Waals surface area (Å²) in [6.45, 7) is 2.00. The van der Waals surface area contributed by atoms with E-state index in [1.807, 2.05) is 0 Å². The Kier molecular flexibility index (Phi) is 6.62. The van der Waals surface area contributed by atoms with Crippen molar-refractivity contribution >= 4 is 43.9 Å². The summed E-state index contributed by atoms with van der Waals surface area (Å²) in [6, 6.07) is 4.30. The lowest BCUT2D eigenvalue weighted by Gasteiger charge is -2.22. The lowest BCUT2D eigenvalue weighted by Crippen LogP contribution is -2.28. The monoisotopic (exact) mass is 402 g/mol. The van der Waals surface area contributed by atoms with Gasteiger partial charge in [0.05, 0.1) is 11.5 Å². The van der Waals surface area contributed by atoms with Gasteiger partial charge in [-0.05, 0) is 19.1 Å². The summed E-state index contributed by atoms with van der Waals surface area (Å²) in [5.41, 5.74) is 1.69. The van der Waals surface area contributed by atoms with Crippen LogP contribution in [0.25, 0.3) is 0 Å². The molecule has 0 unspecified atom stereocenters. The maximum Gasteiger partial charge on any atom is 0.397 e. The van der Waals surface area contributed by atoms with Crippen LogP contribution in [0.3, 0.4) is 0 Å². The zero-order valence-electron chi connectivity index (χ0n) is 13.4. The summed E-state index contributed by atoms with van der Waals surface area (Å²) in [5, 5.41) is 26.4. The van der Waals surface area contributed by atoms with Gasteiger partial charge in [-0.2, -0.15) is 8.42 Å². The van der Waals surface area contributed by atoms with Crippen LogP contribution in [0, 0.1) is 10.1 Å². The summed E-state index contributed by atoms with van der Waals surface area (Å²) < 4.78 is 34.0. The number of aromatic nitrogens is 2. The minimum atomic E-state index is -4.54. The molecule has 0 amide bonds. The number of azo groups is 1. The van der Waals surface area contributed by atoms with Crippen LogP contribution >= 0.6 is 11.3 Å². The molecule has 1 heterocycles. The van der Waals surface area contributed by atoms with E-state index in [4.69, 9.17) is 4.55 Å². The number of likely N-dealkylation sites (N-methyl/N-ethyl adjacent to an activating group) is 1. The summed E-state index contributed by atoms with van der Waals surface area (Å²) >= 11 is 1.13. The normalized spacial score (nSPS) is 11.8. The molecule has 1 aromatic carbocycles. The minimum Gasteiger partial charge on any atom is -0.369 e. The summed E-state index contributed by atoms with van der Waals surface area (Å²) in [6.07, 6.45) is 0. The molecule has 0 saturated carbocycles. The molecule has 0 fully saturated rings. The maximum absolute atomic E-state index is 11.3. The lowest BCUT2D eigenvalue weighted by atomic mass is 10.2. The van der Waals surface area contributed by atoms with Crippen molar-refractivity contribution in [3.8, 4) is 0 Å². The first kappa shape index (κ1) is 19.8. The Bertz CT molecular complexity index is 886. The topological polar surface area (TPSA) is 160 Å². The Balaban J connectivity index is 2.21. The highest BCUT2D eigenvalue weighted by Crippen LogP contribution is 2.33. The largest absolute Gasteiger partial charge is 0.397 e. The van der Waals surface area contributed by atoms with E-state index in [2.05, 4.69) is 24.6 Å². The van der Waals surface area contributed by atoms with Crippen LogP contribution in [0.4, 0.5) is 22.2 Å². The molecule has 12 nitrogen and oxygen atoms in total. The molecule has 140 valence electrons. The maximum atomic E-state index is 11.3. The first-order valence-electron chi connectivity index (χ1n) is 7.13. The number of benzene rings is 1. The van der Waals surface area contributed by atoms with Gasteiger partial charge in [0.15, 0.2) is 5.69 Å². The average molecular weight is 402 g/mol. The Labute approximate surface area is 152 Å². The summed E-state index contributed by atoms with van der Waals surface area (Å²) in [4.78, 5) is 12.4. The molecular formula is C12H14N6O6S2. The quantitative estimate of drug-likeness (QED) is 0.287. The zero-order chi connectivity index (χ0) is 19.2. The zero-order valence-corrected chi connectivity index (χ0v) is 15.1. The Morgan fingerprint density at radius 2 is 2.19 bits per heavy atom. The predicted molar refractivity (Wildman–Crippen MR) is 92.6 cm³/mol. The van der Waals surface area contributed by atoms with E-state index in [0.717, 1.165) is 11.3 Å².